The van der Waals surface area contributed by atoms with Gasteiger partial charge < -0.3 is 9.64 Å². The van der Waals surface area contributed by atoms with Crippen molar-refractivity contribution in [2.75, 3.05) is 24.7 Å². The highest BCUT2D eigenvalue weighted by molar-refractivity contribution is 7.91. The zero-order valence-electron chi connectivity index (χ0n) is 13.6. The van der Waals surface area contributed by atoms with Crippen LogP contribution in [0.1, 0.15) is 23.7 Å². The Bertz CT molecular complexity index is 774. The maximum Gasteiger partial charge on any atom is 0.338 e. The molecule has 1 aliphatic rings. The number of nitro groups is 1. The molecule has 1 aromatic carbocycles. The van der Waals surface area contributed by atoms with Gasteiger partial charge in [0.15, 0.2) is 16.4 Å². The molecule has 1 atom stereocenters. The number of esters is 1. The van der Waals surface area contributed by atoms with Gasteiger partial charge in [0.1, 0.15) is 0 Å². The van der Waals surface area contributed by atoms with Crippen molar-refractivity contribution in [2.45, 2.75) is 19.4 Å². The third-order valence-corrected chi connectivity index (χ3v) is 5.70. The molecule has 0 bridgehead atoms. The van der Waals surface area contributed by atoms with E-state index in [1.165, 1.54) is 29.2 Å². The van der Waals surface area contributed by atoms with Gasteiger partial charge in [-0.3, -0.25) is 14.9 Å². The molecular weight excluding hydrogens is 352 g/mol. The van der Waals surface area contributed by atoms with Crippen LogP contribution < -0.4 is 0 Å². The molecule has 9 nitrogen and oxygen atoms in total. The van der Waals surface area contributed by atoms with E-state index in [9.17, 15) is 28.1 Å². The maximum atomic E-state index is 12.2. The highest BCUT2D eigenvalue weighted by Gasteiger charge is 2.34. The summed E-state index contributed by atoms with van der Waals surface area (Å²) in [7, 11) is -3.13. The molecule has 1 amide bonds. The molecule has 0 saturated carbocycles. The second-order valence-corrected chi connectivity index (χ2v) is 7.85. The van der Waals surface area contributed by atoms with Gasteiger partial charge >= 0.3 is 5.97 Å². The molecule has 0 spiro atoms. The Morgan fingerprint density at radius 3 is 2.44 bits per heavy atom. The maximum absolute atomic E-state index is 12.2. The predicted octanol–water partition coefficient (Wildman–Crippen LogP) is 0.787. The van der Waals surface area contributed by atoms with Crippen molar-refractivity contribution in [3.63, 3.8) is 0 Å². The van der Waals surface area contributed by atoms with Gasteiger partial charge in [0.05, 0.1) is 22.0 Å². The SMILES string of the molecule is CCN(C(=O)COC(=O)c1ccc([N+](=O)[O-])cc1)[C@@H]1CCS(=O)(=O)C1. The third-order valence-electron chi connectivity index (χ3n) is 3.95. The smallest absolute Gasteiger partial charge is 0.338 e. The van der Waals surface area contributed by atoms with E-state index < -0.39 is 39.3 Å². The molecule has 136 valence electrons. The van der Waals surface area contributed by atoms with E-state index in [1.807, 2.05) is 0 Å². The number of hydrogen-bond donors (Lipinski definition) is 0. The normalized spacial score (nSPS) is 18.5. The largest absolute Gasteiger partial charge is 0.452 e. The fourth-order valence-electron chi connectivity index (χ4n) is 2.67. The standard InChI is InChI=1S/C15H18N2O7S/c1-2-16(13-7-8-25(22,23)10-13)14(18)9-24-15(19)11-3-5-12(6-4-11)17(20)21/h3-6,13H,2,7-10H2,1H3/t13-/m1/s1. The van der Waals surface area contributed by atoms with Gasteiger partial charge in [-0.25, -0.2) is 13.2 Å². The average Bonchev–Trinajstić information content (AvgIpc) is 2.93. The molecule has 25 heavy (non-hydrogen) atoms. The van der Waals surface area contributed by atoms with Crippen LogP contribution in [0.2, 0.25) is 0 Å². The molecule has 0 unspecified atom stereocenters. The van der Waals surface area contributed by atoms with E-state index in [4.69, 9.17) is 4.74 Å². The number of amides is 1. The summed E-state index contributed by atoms with van der Waals surface area (Å²) in [6.45, 7) is 1.52. The Balaban J connectivity index is 1.93. The molecule has 1 aromatic rings. The summed E-state index contributed by atoms with van der Waals surface area (Å²) in [6.07, 6.45) is 0.373. The van der Waals surface area contributed by atoms with Gasteiger partial charge in [0.25, 0.3) is 11.6 Å². The fraction of sp³-hybridized carbons (Fsp3) is 0.467. The van der Waals surface area contributed by atoms with E-state index >= 15 is 0 Å². The Labute approximate surface area is 144 Å². The number of carbonyl (C=O) groups is 2. The van der Waals surface area contributed by atoms with E-state index in [0.717, 1.165) is 0 Å². The summed E-state index contributed by atoms with van der Waals surface area (Å²) in [5.74, 6) is -1.29. The van der Waals surface area contributed by atoms with Crippen molar-refractivity contribution >= 4 is 27.4 Å². The molecule has 1 heterocycles. The molecule has 0 radical (unpaired) electrons. The molecule has 1 saturated heterocycles. The highest BCUT2D eigenvalue weighted by atomic mass is 32.2. The predicted molar refractivity (Wildman–Crippen MR) is 87.8 cm³/mol. The molecule has 10 heteroatoms. The number of rotatable bonds is 6. The molecule has 2 rings (SSSR count). The Morgan fingerprint density at radius 2 is 1.96 bits per heavy atom. The molecule has 0 aliphatic carbocycles. The van der Waals surface area contributed by atoms with Crippen LogP contribution in [0.25, 0.3) is 0 Å². The van der Waals surface area contributed by atoms with E-state index in [2.05, 4.69) is 0 Å². The number of sulfone groups is 1. The first kappa shape index (κ1) is 18.8. The Hall–Kier alpha value is -2.49. The number of likely N-dealkylation sites (N-methyl/N-ethyl adjacent to an activating group) is 1. The molecule has 0 N–H and O–H groups in total. The zero-order valence-corrected chi connectivity index (χ0v) is 14.4. The first-order valence-electron chi connectivity index (χ1n) is 7.65. The lowest BCUT2D eigenvalue weighted by atomic mass is 10.2. The minimum atomic E-state index is -3.13. The lowest BCUT2D eigenvalue weighted by Gasteiger charge is -2.26. The lowest BCUT2D eigenvalue weighted by Crippen LogP contribution is -2.43. The number of benzene rings is 1. The van der Waals surface area contributed by atoms with Gasteiger partial charge in [-0.05, 0) is 25.5 Å². The summed E-state index contributed by atoms with van der Waals surface area (Å²) in [6, 6.07) is 4.42. The molecule has 0 aromatic heterocycles. The van der Waals surface area contributed by atoms with Crippen LogP contribution in [0.3, 0.4) is 0 Å². The Kier molecular flexibility index (Phi) is 5.73. The minimum absolute atomic E-state index is 0.0457. The van der Waals surface area contributed by atoms with Crippen molar-refractivity contribution in [1.82, 2.24) is 4.90 Å². The number of hydrogen-bond acceptors (Lipinski definition) is 7. The van der Waals surface area contributed by atoms with Crippen molar-refractivity contribution < 1.29 is 27.7 Å². The summed E-state index contributed by atoms with van der Waals surface area (Å²) >= 11 is 0. The first-order chi connectivity index (χ1) is 11.7. The Morgan fingerprint density at radius 1 is 1.32 bits per heavy atom. The summed E-state index contributed by atoms with van der Waals surface area (Å²) in [4.78, 5) is 35.5. The molecule has 1 fully saturated rings. The summed E-state index contributed by atoms with van der Waals surface area (Å²) in [5.41, 5.74) is -0.0721. The number of carbonyl (C=O) groups excluding carboxylic acids is 2. The highest BCUT2D eigenvalue weighted by Crippen LogP contribution is 2.18. The first-order valence-corrected chi connectivity index (χ1v) is 9.47. The van der Waals surface area contributed by atoms with Crippen LogP contribution >= 0.6 is 0 Å². The van der Waals surface area contributed by atoms with Gasteiger partial charge in [-0.2, -0.15) is 0 Å². The number of ether oxygens (including phenoxy) is 1. The number of non-ortho nitro benzene ring substituents is 1. The van der Waals surface area contributed by atoms with Crippen LogP contribution in [0, 0.1) is 10.1 Å². The molecule has 1 aliphatic heterocycles. The second kappa shape index (κ2) is 7.60. The van der Waals surface area contributed by atoms with Crippen LogP contribution in [0.4, 0.5) is 5.69 Å². The quantitative estimate of drug-likeness (QED) is 0.412. The van der Waals surface area contributed by atoms with E-state index in [1.54, 1.807) is 6.92 Å². The number of nitrogens with zero attached hydrogens (tertiary/aromatic N) is 2. The third kappa shape index (κ3) is 4.75. The monoisotopic (exact) mass is 370 g/mol. The van der Waals surface area contributed by atoms with Crippen molar-refractivity contribution in [1.29, 1.82) is 0 Å². The van der Waals surface area contributed by atoms with Crippen molar-refractivity contribution in [2.24, 2.45) is 0 Å². The van der Waals surface area contributed by atoms with Crippen LogP contribution in [0.5, 0.6) is 0 Å². The van der Waals surface area contributed by atoms with Crippen molar-refractivity contribution in [3.8, 4) is 0 Å². The lowest BCUT2D eigenvalue weighted by molar-refractivity contribution is -0.384. The van der Waals surface area contributed by atoms with Crippen LogP contribution in [0.15, 0.2) is 24.3 Å². The van der Waals surface area contributed by atoms with Gasteiger partial charge in [-0.1, -0.05) is 0 Å². The van der Waals surface area contributed by atoms with Crippen LogP contribution in [-0.4, -0.2) is 60.8 Å². The summed E-state index contributed by atoms with van der Waals surface area (Å²) in [5, 5.41) is 10.6. The minimum Gasteiger partial charge on any atom is -0.452 e. The fourth-order valence-corrected chi connectivity index (χ4v) is 4.40. The van der Waals surface area contributed by atoms with E-state index in [0.29, 0.717) is 13.0 Å². The average molecular weight is 370 g/mol. The van der Waals surface area contributed by atoms with Crippen LogP contribution in [-0.2, 0) is 19.4 Å². The topological polar surface area (TPSA) is 124 Å². The van der Waals surface area contributed by atoms with E-state index in [-0.39, 0.29) is 22.8 Å². The molecular formula is C15H18N2O7S. The van der Waals surface area contributed by atoms with Gasteiger partial charge in [-0.15, -0.1) is 0 Å². The van der Waals surface area contributed by atoms with Gasteiger partial charge in [0, 0.05) is 24.7 Å². The zero-order chi connectivity index (χ0) is 18.6. The summed E-state index contributed by atoms with van der Waals surface area (Å²) < 4.78 is 28.0. The second-order valence-electron chi connectivity index (χ2n) is 5.62. The number of nitro benzene ring substituents is 1. The van der Waals surface area contributed by atoms with Crippen molar-refractivity contribution in [3.05, 3.63) is 39.9 Å². The van der Waals surface area contributed by atoms with Gasteiger partial charge in [0.2, 0.25) is 0 Å².